The summed E-state index contributed by atoms with van der Waals surface area (Å²) in [5.41, 5.74) is 0.362. The molecule has 0 unspecified atom stereocenters. The maximum atomic E-state index is 12.3. The Morgan fingerprint density at radius 3 is 2.40 bits per heavy atom. The Balaban J connectivity index is 2.29. The van der Waals surface area contributed by atoms with Gasteiger partial charge in [-0.3, -0.25) is 4.79 Å². The van der Waals surface area contributed by atoms with Crippen LogP contribution in [0.15, 0.2) is 30.3 Å². The Morgan fingerprint density at radius 1 is 1.25 bits per heavy atom. The average molecular weight is 275 g/mol. The molecule has 1 heterocycles. The van der Waals surface area contributed by atoms with Gasteiger partial charge in [0.15, 0.2) is 0 Å². The molecule has 1 aliphatic heterocycles. The van der Waals surface area contributed by atoms with Crippen LogP contribution in [0.4, 0.5) is 4.79 Å². The zero-order valence-corrected chi connectivity index (χ0v) is 12.4. The molecule has 1 fully saturated rings. The molecule has 4 heteroatoms. The van der Waals surface area contributed by atoms with E-state index in [0.29, 0.717) is 6.42 Å². The Hall–Kier alpha value is -1.84. The number of carbonyl (C=O) groups is 2. The van der Waals surface area contributed by atoms with E-state index in [9.17, 15) is 9.59 Å². The van der Waals surface area contributed by atoms with E-state index in [1.54, 1.807) is 20.8 Å². The van der Waals surface area contributed by atoms with E-state index in [2.05, 4.69) is 0 Å². The molecule has 1 saturated heterocycles. The summed E-state index contributed by atoms with van der Waals surface area (Å²) in [4.78, 5) is 25.7. The first kappa shape index (κ1) is 14.6. The number of carbonyl (C=O) groups excluding carboxylic acids is 2. The summed E-state index contributed by atoms with van der Waals surface area (Å²) >= 11 is 0. The Kier molecular flexibility index (Phi) is 3.84. The molecule has 0 N–H and O–H groups in total. The van der Waals surface area contributed by atoms with Gasteiger partial charge in [-0.1, -0.05) is 37.3 Å². The summed E-state index contributed by atoms with van der Waals surface area (Å²) in [6, 6.07) is 9.39. The molecule has 0 spiro atoms. The van der Waals surface area contributed by atoms with Crippen molar-refractivity contribution in [2.24, 2.45) is 5.92 Å². The molecule has 4 nitrogen and oxygen atoms in total. The highest BCUT2D eigenvalue weighted by atomic mass is 16.6. The molecule has 0 aromatic heterocycles. The van der Waals surface area contributed by atoms with Gasteiger partial charge in [0.2, 0.25) is 5.91 Å². The molecule has 0 aliphatic carbocycles. The number of hydrogen-bond acceptors (Lipinski definition) is 3. The van der Waals surface area contributed by atoms with Crippen LogP contribution in [0.2, 0.25) is 0 Å². The van der Waals surface area contributed by atoms with E-state index < -0.39 is 11.7 Å². The summed E-state index contributed by atoms with van der Waals surface area (Å²) in [6.45, 7) is 7.38. The second kappa shape index (κ2) is 5.27. The van der Waals surface area contributed by atoms with Crippen molar-refractivity contribution >= 4 is 12.0 Å². The van der Waals surface area contributed by atoms with Crippen molar-refractivity contribution in [1.82, 2.24) is 4.90 Å². The standard InChI is InChI=1S/C16H21NO3/c1-11-10-13(18)17(15(19)20-16(2,3)4)14(11)12-8-6-5-7-9-12/h5-9,11,14H,10H2,1-4H3/t11-,14+/m1/s1. The van der Waals surface area contributed by atoms with Gasteiger partial charge >= 0.3 is 6.09 Å². The number of imide groups is 1. The van der Waals surface area contributed by atoms with E-state index in [4.69, 9.17) is 4.74 Å². The first-order chi connectivity index (χ1) is 9.29. The smallest absolute Gasteiger partial charge is 0.417 e. The van der Waals surface area contributed by atoms with Crippen LogP contribution in [0.3, 0.4) is 0 Å². The molecule has 108 valence electrons. The maximum absolute atomic E-state index is 12.3. The van der Waals surface area contributed by atoms with E-state index in [-0.39, 0.29) is 17.9 Å². The third-order valence-corrected chi connectivity index (χ3v) is 3.31. The Labute approximate surface area is 119 Å². The zero-order chi connectivity index (χ0) is 14.9. The maximum Gasteiger partial charge on any atom is 0.417 e. The van der Waals surface area contributed by atoms with E-state index in [1.165, 1.54) is 4.90 Å². The highest BCUT2D eigenvalue weighted by molar-refractivity contribution is 5.94. The van der Waals surface area contributed by atoms with Gasteiger partial charge < -0.3 is 4.74 Å². The van der Waals surface area contributed by atoms with Crippen LogP contribution in [-0.4, -0.2) is 22.5 Å². The molecule has 0 bridgehead atoms. The monoisotopic (exact) mass is 275 g/mol. The average Bonchev–Trinajstić information content (AvgIpc) is 2.63. The SMILES string of the molecule is C[C@@H]1CC(=O)N(C(=O)OC(C)(C)C)[C@@H]1c1ccccc1. The van der Waals surface area contributed by atoms with Crippen molar-refractivity contribution in [3.63, 3.8) is 0 Å². The van der Waals surface area contributed by atoms with E-state index in [1.807, 2.05) is 37.3 Å². The molecule has 2 atom stereocenters. The van der Waals surface area contributed by atoms with Crippen LogP contribution in [0.5, 0.6) is 0 Å². The van der Waals surface area contributed by atoms with Gasteiger partial charge in [0.25, 0.3) is 0 Å². The predicted molar refractivity (Wildman–Crippen MR) is 76.0 cm³/mol. The second-order valence-corrected chi connectivity index (χ2v) is 6.28. The normalized spacial score (nSPS) is 23.0. The highest BCUT2D eigenvalue weighted by Crippen LogP contribution is 2.38. The quantitative estimate of drug-likeness (QED) is 0.787. The fraction of sp³-hybridized carbons (Fsp3) is 0.500. The summed E-state index contributed by atoms with van der Waals surface area (Å²) in [6.07, 6.45) is -0.181. The molecule has 1 aromatic carbocycles. The highest BCUT2D eigenvalue weighted by Gasteiger charge is 2.43. The third kappa shape index (κ3) is 3.00. The first-order valence-electron chi connectivity index (χ1n) is 6.89. The molecular weight excluding hydrogens is 254 g/mol. The topological polar surface area (TPSA) is 46.6 Å². The molecule has 2 amide bonds. The Bertz CT molecular complexity index is 504. The van der Waals surface area contributed by atoms with Crippen LogP contribution in [-0.2, 0) is 9.53 Å². The lowest BCUT2D eigenvalue weighted by Crippen LogP contribution is -2.39. The van der Waals surface area contributed by atoms with Gasteiger partial charge in [0.1, 0.15) is 5.60 Å². The van der Waals surface area contributed by atoms with Gasteiger partial charge in [0.05, 0.1) is 6.04 Å². The van der Waals surface area contributed by atoms with Crippen molar-refractivity contribution in [3.8, 4) is 0 Å². The molecule has 0 saturated carbocycles. The minimum absolute atomic E-state index is 0.0948. The van der Waals surface area contributed by atoms with Crippen LogP contribution in [0.25, 0.3) is 0 Å². The number of hydrogen-bond donors (Lipinski definition) is 0. The van der Waals surface area contributed by atoms with Gasteiger partial charge in [-0.05, 0) is 32.3 Å². The van der Waals surface area contributed by atoms with Crippen molar-refractivity contribution in [2.75, 3.05) is 0 Å². The Morgan fingerprint density at radius 2 is 1.85 bits per heavy atom. The molecule has 2 rings (SSSR count). The fourth-order valence-electron chi connectivity index (χ4n) is 2.55. The lowest BCUT2D eigenvalue weighted by Gasteiger charge is -2.28. The number of rotatable bonds is 1. The second-order valence-electron chi connectivity index (χ2n) is 6.28. The first-order valence-corrected chi connectivity index (χ1v) is 6.89. The number of amides is 2. The largest absolute Gasteiger partial charge is 0.443 e. The third-order valence-electron chi connectivity index (χ3n) is 3.31. The van der Waals surface area contributed by atoms with Gasteiger partial charge in [-0.25, -0.2) is 9.69 Å². The van der Waals surface area contributed by atoms with Crippen molar-refractivity contribution in [3.05, 3.63) is 35.9 Å². The van der Waals surface area contributed by atoms with Crippen LogP contribution < -0.4 is 0 Å². The predicted octanol–water partition coefficient (Wildman–Crippen LogP) is 3.53. The molecule has 1 aromatic rings. The van der Waals surface area contributed by atoms with Crippen molar-refractivity contribution in [2.45, 2.75) is 45.8 Å². The molecule has 1 aliphatic rings. The van der Waals surface area contributed by atoms with E-state index >= 15 is 0 Å². The van der Waals surface area contributed by atoms with Gasteiger partial charge in [-0.15, -0.1) is 0 Å². The van der Waals surface area contributed by atoms with Crippen LogP contribution >= 0.6 is 0 Å². The van der Waals surface area contributed by atoms with Crippen LogP contribution in [0, 0.1) is 5.92 Å². The fourth-order valence-corrected chi connectivity index (χ4v) is 2.55. The lowest BCUT2D eigenvalue weighted by molar-refractivity contribution is -0.128. The summed E-state index contributed by atoms with van der Waals surface area (Å²) in [5.74, 6) is -0.0713. The zero-order valence-electron chi connectivity index (χ0n) is 12.4. The van der Waals surface area contributed by atoms with Crippen molar-refractivity contribution in [1.29, 1.82) is 0 Å². The minimum Gasteiger partial charge on any atom is -0.443 e. The molecule has 0 radical (unpaired) electrons. The number of ether oxygens (including phenoxy) is 1. The summed E-state index contributed by atoms with van der Waals surface area (Å²) in [7, 11) is 0. The number of likely N-dealkylation sites (tertiary alicyclic amines) is 1. The molecular formula is C16H21NO3. The number of benzene rings is 1. The minimum atomic E-state index is -0.607. The number of nitrogens with zero attached hydrogens (tertiary/aromatic N) is 1. The van der Waals surface area contributed by atoms with E-state index in [0.717, 1.165) is 5.56 Å². The summed E-state index contributed by atoms with van der Waals surface area (Å²) in [5, 5.41) is 0. The van der Waals surface area contributed by atoms with Crippen molar-refractivity contribution < 1.29 is 14.3 Å². The lowest BCUT2D eigenvalue weighted by atomic mass is 9.95. The molecule has 20 heavy (non-hydrogen) atoms. The van der Waals surface area contributed by atoms with Crippen LogP contribution in [0.1, 0.15) is 45.7 Å². The summed E-state index contributed by atoms with van der Waals surface area (Å²) < 4.78 is 5.36. The van der Waals surface area contributed by atoms with Gasteiger partial charge in [0, 0.05) is 6.42 Å². The van der Waals surface area contributed by atoms with Gasteiger partial charge in [-0.2, -0.15) is 0 Å².